The second-order valence-corrected chi connectivity index (χ2v) is 10.5. The SMILES string of the molecule is CC[C@H](C)[C@H](NC(=O)[C@@H]1N2C(=O)c3ccccc3[C@@H]2SC1(C)C)C(=O)NCCCOC. The molecule has 2 aliphatic heterocycles. The van der Waals surface area contributed by atoms with Crippen molar-refractivity contribution in [2.75, 3.05) is 20.3 Å². The van der Waals surface area contributed by atoms with Crippen LogP contribution in [0.15, 0.2) is 24.3 Å². The van der Waals surface area contributed by atoms with E-state index in [-0.39, 0.29) is 29.0 Å². The van der Waals surface area contributed by atoms with Gasteiger partial charge in [-0.05, 0) is 37.8 Å². The van der Waals surface area contributed by atoms with Crippen LogP contribution in [0.4, 0.5) is 0 Å². The Bertz CT molecular complexity index is 844. The second kappa shape index (κ2) is 9.61. The molecule has 170 valence electrons. The first-order chi connectivity index (χ1) is 14.7. The fourth-order valence-electron chi connectivity index (χ4n) is 4.28. The maximum atomic E-state index is 13.5. The first-order valence-electron chi connectivity index (χ1n) is 10.9. The van der Waals surface area contributed by atoms with Crippen molar-refractivity contribution in [2.45, 2.75) is 62.7 Å². The van der Waals surface area contributed by atoms with Crippen molar-refractivity contribution in [2.24, 2.45) is 5.92 Å². The minimum atomic E-state index is -0.657. The van der Waals surface area contributed by atoms with Crippen LogP contribution in [-0.2, 0) is 14.3 Å². The molecule has 3 rings (SSSR count). The summed E-state index contributed by atoms with van der Waals surface area (Å²) < 4.78 is 4.54. The zero-order valence-electron chi connectivity index (χ0n) is 18.9. The van der Waals surface area contributed by atoms with Gasteiger partial charge in [-0.3, -0.25) is 14.4 Å². The van der Waals surface area contributed by atoms with Crippen molar-refractivity contribution in [1.29, 1.82) is 0 Å². The number of amides is 3. The molecule has 0 unspecified atom stereocenters. The number of hydrogen-bond acceptors (Lipinski definition) is 5. The molecule has 0 spiro atoms. The number of rotatable bonds is 9. The summed E-state index contributed by atoms with van der Waals surface area (Å²) >= 11 is 1.62. The Kier molecular flexibility index (Phi) is 7.31. The lowest BCUT2D eigenvalue weighted by Gasteiger charge is -2.32. The van der Waals surface area contributed by atoms with Crippen molar-refractivity contribution in [3.63, 3.8) is 0 Å². The zero-order valence-corrected chi connectivity index (χ0v) is 19.8. The second-order valence-electron chi connectivity index (χ2n) is 8.79. The molecule has 1 aromatic carbocycles. The summed E-state index contributed by atoms with van der Waals surface area (Å²) in [7, 11) is 1.62. The van der Waals surface area contributed by atoms with Crippen LogP contribution in [0, 0.1) is 5.92 Å². The Morgan fingerprint density at radius 3 is 2.68 bits per heavy atom. The normalized spacial score (nSPS) is 23.1. The largest absolute Gasteiger partial charge is 0.385 e. The van der Waals surface area contributed by atoms with Gasteiger partial charge in [0, 0.05) is 30.6 Å². The smallest absolute Gasteiger partial charge is 0.256 e. The number of nitrogens with one attached hydrogen (secondary N) is 2. The topological polar surface area (TPSA) is 87.7 Å². The highest BCUT2D eigenvalue weighted by molar-refractivity contribution is 8.01. The Hall–Kier alpha value is -2.06. The van der Waals surface area contributed by atoms with Gasteiger partial charge in [-0.25, -0.2) is 0 Å². The molecule has 7 nitrogen and oxygen atoms in total. The van der Waals surface area contributed by atoms with E-state index in [9.17, 15) is 14.4 Å². The molecule has 1 fully saturated rings. The molecule has 0 saturated carbocycles. The molecule has 1 saturated heterocycles. The van der Waals surface area contributed by atoms with E-state index in [4.69, 9.17) is 4.74 Å². The Morgan fingerprint density at radius 2 is 2.00 bits per heavy atom. The number of thioether (sulfide) groups is 1. The van der Waals surface area contributed by atoms with Crippen molar-refractivity contribution < 1.29 is 19.1 Å². The van der Waals surface area contributed by atoms with Crippen molar-refractivity contribution in [3.8, 4) is 0 Å². The van der Waals surface area contributed by atoms with Gasteiger partial charge >= 0.3 is 0 Å². The minimum Gasteiger partial charge on any atom is -0.385 e. The summed E-state index contributed by atoms with van der Waals surface area (Å²) in [6, 6.07) is 6.22. The highest BCUT2D eigenvalue weighted by atomic mass is 32.2. The summed E-state index contributed by atoms with van der Waals surface area (Å²) in [4.78, 5) is 41.2. The average molecular weight is 448 g/mol. The van der Waals surface area contributed by atoms with Gasteiger partial charge in [0.2, 0.25) is 11.8 Å². The van der Waals surface area contributed by atoms with Crippen LogP contribution in [0.3, 0.4) is 0 Å². The summed E-state index contributed by atoms with van der Waals surface area (Å²) in [5.74, 6) is -0.637. The third-order valence-electron chi connectivity index (χ3n) is 6.16. The van der Waals surface area contributed by atoms with Crippen LogP contribution in [0.5, 0.6) is 0 Å². The quantitative estimate of drug-likeness (QED) is 0.569. The lowest BCUT2D eigenvalue weighted by molar-refractivity contribution is -0.133. The molecular formula is C23H33N3O4S. The number of fused-ring (bicyclic) bond motifs is 3. The van der Waals surface area contributed by atoms with Crippen molar-refractivity contribution in [3.05, 3.63) is 35.4 Å². The summed E-state index contributed by atoms with van der Waals surface area (Å²) in [5, 5.41) is 5.69. The van der Waals surface area contributed by atoms with Crippen molar-refractivity contribution >= 4 is 29.5 Å². The number of carbonyl (C=O) groups is 3. The molecule has 2 N–H and O–H groups in total. The molecular weight excluding hydrogens is 414 g/mol. The van der Waals surface area contributed by atoms with Gasteiger partial charge < -0.3 is 20.3 Å². The lowest BCUT2D eigenvalue weighted by Crippen LogP contribution is -2.58. The zero-order chi connectivity index (χ0) is 22.8. The van der Waals surface area contributed by atoms with Gasteiger partial charge in [-0.15, -0.1) is 11.8 Å². The van der Waals surface area contributed by atoms with Crippen LogP contribution in [0.2, 0.25) is 0 Å². The lowest BCUT2D eigenvalue weighted by atomic mass is 9.95. The molecule has 3 amide bonds. The first kappa shape index (κ1) is 23.6. The van der Waals surface area contributed by atoms with Crippen LogP contribution in [-0.4, -0.2) is 59.7 Å². The van der Waals surface area contributed by atoms with Gasteiger partial charge in [0.1, 0.15) is 17.5 Å². The molecule has 0 aromatic heterocycles. The fourth-order valence-corrected chi connectivity index (χ4v) is 5.87. The molecule has 31 heavy (non-hydrogen) atoms. The fraction of sp³-hybridized carbons (Fsp3) is 0.609. The van der Waals surface area contributed by atoms with Gasteiger partial charge in [0.15, 0.2) is 0 Å². The molecule has 4 atom stereocenters. The summed E-state index contributed by atoms with van der Waals surface area (Å²) in [5.41, 5.74) is 1.61. The van der Waals surface area contributed by atoms with Gasteiger partial charge in [0.05, 0.1) is 0 Å². The molecule has 0 radical (unpaired) electrons. The average Bonchev–Trinajstić information content (AvgIpc) is 3.18. The molecule has 2 aliphatic rings. The Balaban J connectivity index is 1.78. The van der Waals surface area contributed by atoms with Crippen LogP contribution < -0.4 is 10.6 Å². The van der Waals surface area contributed by atoms with E-state index >= 15 is 0 Å². The number of carbonyl (C=O) groups excluding carboxylic acids is 3. The number of ether oxygens (including phenoxy) is 1. The van der Waals surface area contributed by atoms with E-state index in [1.165, 1.54) is 0 Å². The van der Waals surface area contributed by atoms with E-state index in [0.29, 0.717) is 25.1 Å². The molecule has 8 heteroatoms. The van der Waals surface area contributed by atoms with E-state index < -0.39 is 16.8 Å². The van der Waals surface area contributed by atoms with E-state index in [2.05, 4.69) is 10.6 Å². The number of nitrogens with zero attached hydrogens (tertiary/aromatic N) is 1. The first-order valence-corrected chi connectivity index (χ1v) is 11.8. The summed E-state index contributed by atoms with van der Waals surface area (Å²) in [6.45, 7) is 8.97. The number of hydrogen-bond donors (Lipinski definition) is 2. The van der Waals surface area contributed by atoms with E-state index in [1.807, 2.05) is 52.0 Å². The summed E-state index contributed by atoms with van der Waals surface area (Å²) in [6.07, 6.45) is 1.45. The van der Waals surface area contributed by atoms with Crippen molar-refractivity contribution in [1.82, 2.24) is 15.5 Å². The molecule has 0 aliphatic carbocycles. The number of methoxy groups -OCH3 is 1. The van der Waals surface area contributed by atoms with Crippen LogP contribution >= 0.6 is 11.8 Å². The maximum Gasteiger partial charge on any atom is 0.256 e. The Morgan fingerprint density at radius 1 is 1.29 bits per heavy atom. The van der Waals surface area contributed by atoms with E-state index in [1.54, 1.807) is 23.8 Å². The number of benzene rings is 1. The monoisotopic (exact) mass is 447 g/mol. The third kappa shape index (κ3) is 4.60. The Labute approximate surface area is 188 Å². The molecule has 0 bridgehead atoms. The maximum absolute atomic E-state index is 13.5. The standard InChI is InChI=1S/C23H33N3O4S/c1-6-14(2)17(19(27)24-12-9-13-30-5)25-20(28)18-23(3,4)31-22-16-11-8-7-10-15(16)21(29)26(18)22/h7-8,10-11,14,17-18,22H,6,9,12-13H2,1-5H3,(H,24,27)(H,25,28)/t14-,17-,18-,22-/m0/s1. The van der Waals surface area contributed by atoms with Crippen LogP contribution in [0.25, 0.3) is 0 Å². The molecule has 1 aromatic rings. The van der Waals surface area contributed by atoms with Gasteiger partial charge in [-0.1, -0.05) is 38.5 Å². The minimum absolute atomic E-state index is 0.0363. The third-order valence-corrected chi connectivity index (χ3v) is 7.70. The van der Waals surface area contributed by atoms with Crippen LogP contribution in [0.1, 0.15) is 61.8 Å². The predicted octanol–water partition coefficient (Wildman–Crippen LogP) is 2.72. The molecule has 2 heterocycles. The van der Waals surface area contributed by atoms with E-state index in [0.717, 1.165) is 12.0 Å². The highest BCUT2D eigenvalue weighted by Gasteiger charge is 2.57. The van der Waals surface area contributed by atoms with Gasteiger partial charge in [0.25, 0.3) is 5.91 Å². The predicted molar refractivity (Wildman–Crippen MR) is 122 cm³/mol. The highest BCUT2D eigenvalue weighted by Crippen LogP contribution is 2.56. The van der Waals surface area contributed by atoms with Gasteiger partial charge in [-0.2, -0.15) is 0 Å².